The molecule has 0 unspecified atom stereocenters. The standard InChI is InChI=1S/C21H21N3O4S/c1-14-20(15(2)28-23-14)21(25)22-17-9-11-18(12-10-17)29(26,27)24-13-5-7-16-6-3-4-8-19(16)24/h3-4,6,8-12H,5,7,13H2,1-2H3,(H,22,25). The first kappa shape index (κ1) is 19.2. The topological polar surface area (TPSA) is 92.5 Å². The lowest BCUT2D eigenvalue weighted by Crippen LogP contribution is -2.35. The van der Waals surface area contributed by atoms with Crippen molar-refractivity contribution >= 4 is 27.3 Å². The molecule has 7 nitrogen and oxygen atoms in total. The zero-order valence-electron chi connectivity index (χ0n) is 16.2. The number of hydrogen-bond acceptors (Lipinski definition) is 5. The van der Waals surface area contributed by atoms with Crippen molar-refractivity contribution < 1.29 is 17.7 Å². The molecule has 150 valence electrons. The fourth-order valence-electron chi connectivity index (χ4n) is 3.59. The van der Waals surface area contributed by atoms with Crippen LogP contribution in [0.4, 0.5) is 11.4 Å². The lowest BCUT2D eigenvalue weighted by molar-refractivity contribution is 0.102. The molecule has 0 saturated heterocycles. The maximum absolute atomic E-state index is 13.2. The molecule has 2 aromatic carbocycles. The molecular formula is C21H21N3O4S. The summed E-state index contributed by atoms with van der Waals surface area (Å²) in [6, 6.07) is 13.8. The molecule has 0 atom stereocenters. The molecule has 1 amide bonds. The van der Waals surface area contributed by atoms with Crippen LogP contribution in [0.3, 0.4) is 0 Å². The van der Waals surface area contributed by atoms with Gasteiger partial charge in [0.25, 0.3) is 15.9 Å². The quantitative estimate of drug-likeness (QED) is 0.707. The molecule has 1 N–H and O–H groups in total. The van der Waals surface area contributed by atoms with Crippen LogP contribution in [0, 0.1) is 13.8 Å². The van der Waals surface area contributed by atoms with Crippen molar-refractivity contribution in [3.05, 3.63) is 71.1 Å². The molecule has 1 aromatic heterocycles. The molecule has 0 aliphatic carbocycles. The summed E-state index contributed by atoms with van der Waals surface area (Å²) in [5.41, 5.74) is 3.14. The van der Waals surface area contributed by atoms with Crippen LogP contribution >= 0.6 is 0 Å². The van der Waals surface area contributed by atoms with Gasteiger partial charge in [0, 0.05) is 12.2 Å². The number of carbonyl (C=O) groups is 1. The summed E-state index contributed by atoms with van der Waals surface area (Å²) in [5, 5.41) is 6.53. The third kappa shape index (κ3) is 3.51. The molecule has 1 aliphatic rings. The summed E-state index contributed by atoms with van der Waals surface area (Å²) in [6.45, 7) is 3.81. The highest BCUT2D eigenvalue weighted by Gasteiger charge is 2.28. The number of hydrogen-bond donors (Lipinski definition) is 1. The third-order valence-electron chi connectivity index (χ3n) is 5.03. The van der Waals surface area contributed by atoms with Gasteiger partial charge in [0.1, 0.15) is 11.3 Å². The first-order chi connectivity index (χ1) is 13.9. The average molecular weight is 411 g/mol. The Kier molecular flexibility index (Phi) is 4.87. The molecule has 0 spiro atoms. The van der Waals surface area contributed by atoms with Crippen LogP contribution in [0.2, 0.25) is 0 Å². The van der Waals surface area contributed by atoms with Crippen molar-refractivity contribution in [3.63, 3.8) is 0 Å². The summed E-state index contributed by atoms with van der Waals surface area (Å²) in [4.78, 5) is 12.6. The minimum absolute atomic E-state index is 0.185. The van der Waals surface area contributed by atoms with Gasteiger partial charge in [0.15, 0.2) is 0 Å². The van der Waals surface area contributed by atoms with Gasteiger partial charge in [-0.2, -0.15) is 0 Å². The number of sulfonamides is 1. The van der Waals surface area contributed by atoms with E-state index in [1.54, 1.807) is 26.0 Å². The SMILES string of the molecule is Cc1noc(C)c1C(=O)Nc1ccc(S(=O)(=O)N2CCCc3ccccc32)cc1. The van der Waals surface area contributed by atoms with E-state index in [2.05, 4.69) is 10.5 Å². The maximum atomic E-state index is 13.2. The number of benzene rings is 2. The maximum Gasteiger partial charge on any atom is 0.264 e. The average Bonchev–Trinajstić information content (AvgIpc) is 3.06. The van der Waals surface area contributed by atoms with E-state index in [0.717, 1.165) is 24.1 Å². The van der Waals surface area contributed by atoms with Gasteiger partial charge in [-0.05, 0) is 62.6 Å². The van der Waals surface area contributed by atoms with Crippen LogP contribution in [-0.2, 0) is 16.4 Å². The number of aryl methyl sites for hydroxylation is 3. The van der Waals surface area contributed by atoms with E-state index in [1.165, 1.54) is 16.4 Å². The lowest BCUT2D eigenvalue weighted by Gasteiger charge is -2.30. The predicted molar refractivity (Wildman–Crippen MR) is 110 cm³/mol. The van der Waals surface area contributed by atoms with E-state index >= 15 is 0 Å². The van der Waals surface area contributed by atoms with Crippen LogP contribution in [-0.4, -0.2) is 26.0 Å². The number of aromatic nitrogens is 1. The van der Waals surface area contributed by atoms with Gasteiger partial charge >= 0.3 is 0 Å². The van der Waals surface area contributed by atoms with E-state index in [9.17, 15) is 13.2 Å². The summed E-state index contributed by atoms with van der Waals surface area (Å²) in [6.07, 6.45) is 1.65. The predicted octanol–water partition coefficient (Wildman–Crippen LogP) is 3.69. The third-order valence-corrected chi connectivity index (χ3v) is 6.86. The van der Waals surface area contributed by atoms with Crippen molar-refractivity contribution in [2.75, 3.05) is 16.2 Å². The first-order valence-electron chi connectivity index (χ1n) is 9.33. The molecule has 0 saturated carbocycles. The van der Waals surface area contributed by atoms with Crippen LogP contribution < -0.4 is 9.62 Å². The van der Waals surface area contributed by atoms with Crippen LogP contribution in [0.5, 0.6) is 0 Å². The minimum Gasteiger partial charge on any atom is -0.361 e. The Labute approximate surface area is 169 Å². The molecule has 29 heavy (non-hydrogen) atoms. The Bertz CT molecular complexity index is 1150. The zero-order valence-corrected chi connectivity index (χ0v) is 17.0. The molecule has 1 aliphatic heterocycles. The Morgan fingerprint density at radius 1 is 1.10 bits per heavy atom. The zero-order chi connectivity index (χ0) is 20.6. The van der Waals surface area contributed by atoms with E-state index in [4.69, 9.17) is 4.52 Å². The highest BCUT2D eigenvalue weighted by molar-refractivity contribution is 7.92. The fraction of sp³-hybridized carbons (Fsp3) is 0.238. The largest absolute Gasteiger partial charge is 0.361 e. The number of carbonyl (C=O) groups excluding carboxylic acids is 1. The first-order valence-corrected chi connectivity index (χ1v) is 10.8. The van der Waals surface area contributed by atoms with Crippen LogP contribution in [0.25, 0.3) is 0 Å². The Morgan fingerprint density at radius 3 is 2.52 bits per heavy atom. The second-order valence-corrected chi connectivity index (χ2v) is 8.85. The molecule has 0 radical (unpaired) electrons. The van der Waals surface area contributed by atoms with Gasteiger partial charge in [0.2, 0.25) is 0 Å². The van der Waals surface area contributed by atoms with Gasteiger partial charge in [-0.1, -0.05) is 23.4 Å². The normalized spacial score (nSPS) is 13.8. The molecular weight excluding hydrogens is 390 g/mol. The van der Waals surface area contributed by atoms with Gasteiger partial charge in [-0.3, -0.25) is 9.10 Å². The summed E-state index contributed by atoms with van der Waals surface area (Å²) >= 11 is 0. The number of nitrogens with zero attached hydrogens (tertiary/aromatic N) is 2. The number of rotatable bonds is 4. The van der Waals surface area contributed by atoms with Crippen molar-refractivity contribution in [3.8, 4) is 0 Å². The van der Waals surface area contributed by atoms with Gasteiger partial charge in [0.05, 0.1) is 16.3 Å². The van der Waals surface area contributed by atoms with Gasteiger partial charge < -0.3 is 9.84 Å². The molecule has 4 rings (SSSR count). The number of anilines is 2. The number of para-hydroxylation sites is 1. The Hall–Kier alpha value is -3.13. The monoisotopic (exact) mass is 411 g/mol. The highest BCUT2D eigenvalue weighted by atomic mass is 32.2. The smallest absolute Gasteiger partial charge is 0.264 e. The van der Waals surface area contributed by atoms with Crippen molar-refractivity contribution in [1.82, 2.24) is 5.16 Å². The molecule has 0 fully saturated rings. The lowest BCUT2D eigenvalue weighted by atomic mass is 10.0. The van der Waals surface area contributed by atoms with E-state index in [1.807, 2.05) is 24.3 Å². The van der Waals surface area contributed by atoms with Crippen LogP contribution in [0.1, 0.15) is 33.8 Å². The molecule has 0 bridgehead atoms. The number of nitrogens with one attached hydrogen (secondary N) is 1. The molecule has 3 aromatic rings. The van der Waals surface area contributed by atoms with Gasteiger partial charge in [-0.15, -0.1) is 0 Å². The Balaban J connectivity index is 1.57. The minimum atomic E-state index is -3.68. The second kappa shape index (κ2) is 7.36. The highest BCUT2D eigenvalue weighted by Crippen LogP contribution is 2.32. The van der Waals surface area contributed by atoms with Crippen molar-refractivity contribution in [2.45, 2.75) is 31.6 Å². The summed E-state index contributed by atoms with van der Waals surface area (Å²) in [7, 11) is -3.68. The van der Waals surface area contributed by atoms with Crippen molar-refractivity contribution in [2.24, 2.45) is 0 Å². The van der Waals surface area contributed by atoms with E-state index < -0.39 is 10.0 Å². The van der Waals surface area contributed by atoms with Crippen molar-refractivity contribution in [1.29, 1.82) is 0 Å². The van der Waals surface area contributed by atoms with Crippen LogP contribution in [0.15, 0.2) is 57.9 Å². The number of amides is 1. The van der Waals surface area contributed by atoms with E-state index in [0.29, 0.717) is 29.2 Å². The number of fused-ring (bicyclic) bond motifs is 1. The fourth-order valence-corrected chi connectivity index (χ4v) is 5.13. The molecule has 2 heterocycles. The Morgan fingerprint density at radius 2 is 1.83 bits per heavy atom. The summed E-state index contributed by atoms with van der Waals surface area (Å²) in [5.74, 6) is 0.0878. The second-order valence-electron chi connectivity index (χ2n) is 6.99. The molecule has 8 heteroatoms. The van der Waals surface area contributed by atoms with Gasteiger partial charge in [-0.25, -0.2) is 8.42 Å². The summed E-state index contributed by atoms with van der Waals surface area (Å²) < 4.78 is 32.8. The van der Waals surface area contributed by atoms with E-state index in [-0.39, 0.29) is 10.8 Å².